The molecule has 0 aliphatic rings. The molecule has 0 saturated heterocycles. The lowest BCUT2D eigenvalue weighted by atomic mass is 10.5. The Hall–Kier alpha value is -0.610. The average Bonchev–Trinajstić information content (AvgIpc) is 1.65. The highest BCUT2D eigenvalue weighted by Gasteiger charge is 2.06. The van der Waals surface area contributed by atoms with Gasteiger partial charge >= 0.3 is 0 Å². The Bertz CT molecular complexity index is 223. The fourth-order valence-corrected chi connectivity index (χ4v) is 0.881. The van der Waals surface area contributed by atoms with Gasteiger partial charge in [0.2, 0.25) is 0 Å². The summed E-state index contributed by atoms with van der Waals surface area (Å²) in [6.07, 6.45) is 2.34. The van der Waals surface area contributed by atoms with Gasteiger partial charge in [-0.3, -0.25) is 4.55 Å². The van der Waals surface area contributed by atoms with E-state index in [1.54, 1.807) is 0 Å². The van der Waals surface area contributed by atoms with Gasteiger partial charge in [-0.15, -0.1) is 0 Å². The highest BCUT2D eigenvalue weighted by molar-refractivity contribution is 7.90. The number of allylic oxidation sites excluding steroid dienone is 2. The van der Waals surface area contributed by atoms with E-state index in [1.807, 2.05) is 0 Å². The topological polar surface area (TPSA) is 54.4 Å². The van der Waals surface area contributed by atoms with Crippen molar-refractivity contribution in [2.45, 2.75) is 6.92 Å². The van der Waals surface area contributed by atoms with Crippen molar-refractivity contribution in [2.75, 3.05) is 0 Å². The third kappa shape index (κ3) is 2.43. The van der Waals surface area contributed by atoms with E-state index < -0.39 is 10.1 Å². The van der Waals surface area contributed by atoms with E-state index >= 15 is 0 Å². The molecule has 0 atom stereocenters. The third-order valence-electron chi connectivity index (χ3n) is 0.784. The maximum absolute atomic E-state index is 10.2. The molecule has 52 valence electrons. The highest BCUT2D eigenvalue weighted by atomic mass is 32.2. The minimum Gasteiger partial charge on any atom is -0.282 e. The molecule has 0 heterocycles. The number of hydrogen-bond donors (Lipinski definition) is 1. The second-order valence-electron chi connectivity index (χ2n) is 1.37. The van der Waals surface area contributed by atoms with Gasteiger partial charge in [-0.2, -0.15) is 8.42 Å². The van der Waals surface area contributed by atoms with Gasteiger partial charge in [-0.25, -0.2) is 0 Å². The maximum atomic E-state index is 10.2. The van der Waals surface area contributed by atoms with Crippen molar-refractivity contribution in [1.82, 2.24) is 0 Å². The van der Waals surface area contributed by atoms with E-state index in [0.29, 0.717) is 0 Å². The zero-order chi connectivity index (χ0) is 7.49. The summed E-state index contributed by atoms with van der Waals surface area (Å²) < 4.78 is 28.7. The normalized spacial score (nSPS) is 13.3. The van der Waals surface area contributed by atoms with Crippen LogP contribution in [0.4, 0.5) is 0 Å². The zero-order valence-corrected chi connectivity index (χ0v) is 5.85. The summed E-state index contributed by atoms with van der Waals surface area (Å²) in [6.45, 7) is 4.70. The van der Waals surface area contributed by atoms with Gasteiger partial charge in [-0.1, -0.05) is 12.7 Å². The standard InChI is InChI=1S/C5H8O3S/c1-3-5(4-2)9(6,7)8/h3-4H,1H2,2H3,(H,6,7,8)/b5-4-. The first-order chi connectivity index (χ1) is 4.02. The van der Waals surface area contributed by atoms with Crippen molar-refractivity contribution >= 4 is 10.1 Å². The molecule has 0 aliphatic heterocycles. The van der Waals surface area contributed by atoms with Gasteiger partial charge < -0.3 is 0 Å². The molecule has 4 heteroatoms. The largest absolute Gasteiger partial charge is 0.294 e. The van der Waals surface area contributed by atoms with Gasteiger partial charge in [0.25, 0.3) is 10.1 Å². The molecular formula is C5H8O3S. The van der Waals surface area contributed by atoms with Crippen LogP contribution in [0.3, 0.4) is 0 Å². The van der Waals surface area contributed by atoms with E-state index in [4.69, 9.17) is 4.55 Å². The van der Waals surface area contributed by atoms with Gasteiger partial charge in [0, 0.05) is 0 Å². The summed E-state index contributed by atoms with van der Waals surface area (Å²) >= 11 is 0. The van der Waals surface area contributed by atoms with Gasteiger partial charge in [-0.05, 0) is 13.0 Å². The molecule has 0 rings (SSSR count). The molecule has 0 aromatic carbocycles. The summed E-state index contributed by atoms with van der Waals surface area (Å²) in [5.74, 6) is 0. The Kier molecular flexibility index (Phi) is 2.61. The molecule has 0 unspecified atom stereocenters. The van der Waals surface area contributed by atoms with Crippen LogP contribution in [-0.2, 0) is 10.1 Å². The average molecular weight is 148 g/mol. The van der Waals surface area contributed by atoms with Crippen LogP contribution in [0.15, 0.2) is 23.6 Å². The molecule has 3 nitrogen and oxygen atoms in total. The number of rotatable bonds is 2. The summed E-state index contributed by atoms with van der Waals surface area (Å²) in [4.78, 5) is -0.164. The SMILES string of the molecule is C=C/C(=C/C)S(=O)(=O)O. The van der Waals surface area contributed by atoms with Crippen molar-refractivity contribution in [3.8, 4) is 0 Å². The van der Waals surface area contributed by atoms with Crippen LogP contribution in [0.1, 0.15) is 6.92 Å². The van der Waals surface area contributed by atoms with Gasteiger partial charge in [0.1, 0.15) is 0 Å². The predicted molar refractivity (Wildman–Crippen MR) is 35.5 cm³/mol. The monoisotopic (exact) mass is 148 g/mol. The van der Waals surface area contributed by atoms with E-state index in [2.05, 4.69) is 6.58 Å². The zero-order valence-electron chi connectivity index (χ0n) is 5.03. The minimum atomic E-state index is -4.02. The smallest absolute Gasteiger partial charge is 0.282 e. The second kappa shape index (κ2) is 2.80. The van der Waals surface area contributed by atoms with Crippen LogP contribution in [0.2, 0.25) is 0 Å². The van der Waals surface area contributed by atoms with Gasteiger partial charge in [0.05, 0.1) is 4.91 Å². The van der Waals surface area contributed by atoms with Gasteiger partial charge in [0.15, 0.2) is 0 Å². The Labute approximate surface area is 54.4 Å². The Morgan fingerprint density at radius 3 is 2.11 bits per heavy atom. The first kappa shape index (κ1) is 8.39. The lowest BCUT2D eigenvalue weighted by Gasteiger charge is -1.91. The Balaban J connectivity index is 4.77. The van der Waals surface area contributed by atoms with Crippen molar-refractivity contribution in [2.24, 2.45) is 0 Å². The predicted octanol–water partition coefficient (Wildman–Crippen LogP) is 0.964. The number of hydrogen-bond acceptors (Lipinski definition) is 2. The van der Waals surface area contributed by atoms with E-state index in [-0.39, 0.29) is 4.91 Å². The van der Waals surface area contributed by atoms with Crippen molar-refractivity contribution in [3.63, 3.8) is 0 Å². The lowest BCUT2D eigenvalue weighted by molar-refractivity contribution is 0.492. The first-order valence-corrected chi connectivity index (χ1v) is 3.72. The molecule has 0 fully saturated rings. The highest BCUT2D eigenvalue weighted by Crippen LogP contribution is 2.02. The molecule has 0 bridgehead atoms. The second-order valence-corrected chi connectivity index (χ2v) is 2.79. The first-order valence-electron chi connectivity index (χ1n) is 2.28. The van der Waals surface area contributed by atoms with E-state index in [1.165, 1.54) is 13.0 Å². The van der Waals surface area contributed by atoms with Crippen molar-refractivity contribution in [1.29, 1.82) is 0 Å². The molecule has 9 heavy (non-hydrogen) atoms. The molecule has 0 amide bonds. The summed E-state index contributed by atoms with van der Waals surface area (Å²) in [5, 5.41) is 0. The van der Waals surface area contributed by atoms with Crippen LogP contribution < -0.4 is 0 Å². The summed E-state index contributed by atoms with van der Waals surface area (Å²) in [6, 6.07) is 0. The Morgan fingerprint density at radius 1 is 1.67 bits per heavy atom. The molecule has 1 N–H and O–H groups in total. The van der Waals surface area contributed by atoms with Crippen molar-refractivity contribution < 1.29 is 13.0 Å². The summed E-state index contributed by atoms with van der Waals surface area (Å²) in [7, 11) is -4.02. The quantitative estimate of drug-likeness (QED) is 0.469. The van der Waals surface area contributed by atoms with Crippen LogP contribution in [-0.4, -0.2) is 13.0 Å². The molecule has 0 radical (unpaired) electrons. The molecule has 0 aromatic rings. The third-order valence-corrected chi connectivity index (χ3v) is 1.78. The van der Waals surface area contributed by atoms with E-state index in [9.17, 15) is 8.42 Å². The van der Waals surface area contributed by atoms with Crippen LogP contribution in [0, 0.1) is 0 Å². The summed E-state index contributed by atoms with van der Waals surface area (Å²) in [5.41, 5.74) is 0. The molecular weight excluding hydrogens is 140 g/mol. The molecule has 0 aromatic heterocycles. The minimum absolute atomic E-state index is 0.164. The lowest BCUT2D eigenvalue weighted by Crippen LogP contribution is -1.97. The van der Waals surface area contributed by atoms with Crippen LogP contribution in [0.5, 0.6) is 0 Å². The van der Waals surface area contributed by atoms with Crippen molar-refractivity contribution in [3.05, 3.63) is 23.6 Å². The van der Waals surface area contributed by atoms with E-state index in [0.717, 1.165) is 6.08 Å². The molecule has 0 spiro atoms. The molecule has 0 aliphatic carbocycles. The van der Waals surface area contributed by atoms with Crippen LogP contribution in [0.25, 0.3) is 0 Å². The Morgan fingerprint density at radius 2 is 2.11 bits per heavy atom. The fraction of sp³-hybridized carbons (Fsp3) is 0.200. The maximum Gasteiger partial charge on any atom is 0.294 e. The fourth-order valence-electron chi connectivity index (χ4n) is 0.372. The van der Waals surface area contributed by atoms with Crippen LogP contribution >= 0.6 is 0 Å². The molecule has 0 saturated carbocycles.